The Hall–Kier alpha value is -5.41. The lowest BCUT2D eigenvalue weighted by Crippen LogP contribution is -2.35. The summed E-state index contributed by atoms with van der Waals surface area (Å²) in [6.45, 7) is 3.74. The highest BCUT2D eigenvalue weighted by Crippen LogP contribution is 2.35. The highest BCUT2D eigenvalue weighted by atomic mass is 19.1. The Morgan fingerprint density at radius 1 is 0.741 bits per heavy atom. The lowest BCUT2D eigenvalue weighted by molar-refractivity contribution is 0.0517. The smallest absolute Gasteiger partial charge is 0.356 e. The van der Waals surface area contributed by atoms with Gasteiger partial charge in [-0.1, -0.05) is 54.6 Å². The van der Waals surface area contributed by atoms with Crippen LogP contribution in [0.15, 0.2) is 103 Å². The SMILES string of the molecule is CCOC(=O)c1ccc2c(n1)CCCC2N(CCc1ccc(C(=O)OC)cc1)CCc1cc(F)ccc1OCc1ccc(CCc2ccc(F)cc2)cc1. The van der Waals surface area contributed by atoms with Gasteiger partial charge in [-0.15, -0.1) is 0 Å². The number of esters is 2. The van der Waals surface area contributed by atoms with E-state index in [-0.39, 0.29) is 30.3 Å². The summed E-state index contributed by atoms with van der Waals surface area (Å²) in [5, 5.41) is 0. The van der Waals surface area contributed by atoms with E-state index in [1.54, 1.807) is 37.3 Å². The molecule has 6 rings (SSSR count). The summed E-state index contributed by atoms with van der Waals surface area (Å²) < 4.78 is 44.4. The minimum Gasteiger partial charge on any atom is -0.489 e. The van der Waals surface area contributed by atoms with Gasteiger partial charge in [0, 0.05) is 24.8 Å². The molecule has 9 heteroatoms. The monoisotopic (exact) mass is 732 g/mol. The van der Waals surface area contributed by atoms with E-state index in [0.717, 1.165) is 72.0 Å². The van der Waals surface area contributed by atoms with Crippen molar-refractivity contribution < 1.29 is 32.6 Å². The normalized spacial score (nSPS) is 13.7. The van der Waals surface area contributed by atoms with Crippen molar-refractivity contribution >= 4 is 11.9 Å². The maximum absolute atomic E-state index is 14.7. The summed E-state index contributed by atoms with van der Waals surface area (Å²) in [5.41, 5.74) is 7.95. The summed E-state index contributed by atoms with van der Waals surface area (Å²) in [6.07, 6.45) is 5.56. The number of halogens is 2. The molecule has 0 saturated carbocycles. The molecule has 5 aromatic rings. The fraction of sp³-hybridized carbons (Fsp3) is 0.311. The molecule has 1 unspecified atom stereocenters. The number of carbonyl (C=O) groups excluding carboxylic acids is 2. The Morgan fingerprint density at radius 3 is 2.07 bits per heavy atom. The number of ether oxygens (including phenoxy) is 3. The summed E-state index contributed by atoms with van der Waals surface area (Å²) in [7, 11) is 1.37. The van der Waals surface area contributed by atoms with Gasteiger partial charge in [-0.2, -0.15) is 0 Å². The molecule has 0 aliphatic heterocycles. The van der Waals surface area contributed by atoms with E-state index >= 15 is 0 Å². The van der Waals surface area contributed by atoms with Crippen LogP contribution in [0.25, 0.3) is 0 Å². The lowest BCUT2D eigenvalue weighted by Gasteiger charge is -2.36. The fourth-order valence-electron chi connectivity index (χ4n) is 7.00. The van der Waals surface area contributed by atoms with Gasteiger partial charge in [0.1, 0.15) is 29.7 Å². The second kappa shape index (κ2) is 18.6. The van der Waals surface area contributed by atoms with E-state index in [0.29, 0.717) is 43.1 Å². The van der Waals surface area contributed by atoms with Crippen molar-refractivity contribution in [2.24, 2.45) is 0 Å². The number of hydrogen-bond acceptors (Lipinski definition) is 7. The molecule has 1 heterocycles. The number of methoxy groups -OCH3 is 1. The average Bonchev–Trinajstić information content (AvgIpc) is 3.20. The van der Waals surface area contributed by atoms with E-state index in [1.165, 1.54) is 30.9 Å². The summed E-state index contributed by atoms with van der Waals surface area (Å²) in [5.74, 6) is -0.713. The van der Waals surface area contributed by atoms with Crippen LogP contribution in [-0.2, 0) is 48.2 Å². The first-order chi connectivity index (χ1) is 26.3. The maximum Gasteiger partial charge on any atom is 0.356 e. The van der Waals surface area contributed by atoms with E-state index in [2.05, 4.69) is 17.0 Å². The Morgan fingerprint density at radius 2 is 1.37 bits per heavy atom. The molecular formula is C45H46F2N2O5. The second-order valence-electron chi connectivity index (χ2n) is 13.6. The van der Waals surface area contributed by atoms with Gasteiger partial charge in [0.05, 0.1) is 19.3 Å². The van der Waals surface area contributed by atoms with Crippen molar-refractivity contribution in [1.29, 1.82) is 0 Å². The Labute approximate surface area is 315 Å². The van der Waals surface area contributed by atoms with Gasteiger partial charge in [-0.25, -0.2) is 23.4 Å². The highest BCUT2D eigenvalue weighted by molar-refractivity contribution is 5.89. The van der Waals surface area contributed by atoms with E-state index in [1.807, 2.05) is 42.5 Å². The molecule has 0 bridgehead atoms. The highest BCUT2D eigenvalue weighted by Gasteiger charge is 2.28. The molecule has 0 N–H and O–H groups in total. The lowest BCUT2D eigenvalue weighted by atomic mass is 9.89. The number of pyridine rings is 1. The van der Waals surface area contributed by atoms with Gasteiger partial charge in [0.2, 0.25) is 0 Å². The van der Waals surface area contributed by atoms with Gasteiger partial charge < -0.3 is 14.2 Å². The predicted molar refractivity (Wildman–Crippen MR) is 204 cm³/mol. The first kappa shape index (κ1) is 38.3. The summed E-state index contributed by atoms with van der Waals surface area (Å²) in [4.78, 5) is 31.6. The van der Waals surface area contributed by atoms with Crippen LogP contribution in [0.5, 0.6) is 5.75 Å². The van der Waals surface area contributed by atoms with Crippen LogP contribution in [0, 0.1) is 11.6 Å². The molecular weight excluding hydrogens is 686 g/mol. The molecule has 4 aromatic carbocycles. The van der Waals surface area contributed by atoms with Crippen molar-refractivity contribution in [2.45, 2.75) is 64.5 Å². The van der Waals surface area contributed by atoms with Crippen LogP contribution < -0.4 is 4.74 Å². The molecule has 1 aliphatic carbocycles. The quantitative estimate of drug-likeness (QED) is 0.0939. The Kier molecular flexibility index (Phi) is 13.2. The maximum atomic E-state index is 14.7. The van der Waals surface area contributed by atoms with Gasteiger partial charge in [-0.3, -0.25) is 4.90 Å². The third-order valence-corrected chi connectivity index (χ3v) is 9.97. The van der Waals surface area contributed by atoms with Crippen molar-refractivity contribution in [3.8, 4) is 5.75 Å². The van der Waals surface area contributed by atoms with Gasteiger partial charge in [0.15, 0.2) is 0 Å². The van der Waals surface area contributed by atoms with Gasteiger partial charge in [0.25, 0.3) is 0 Å². The molecule has 0 saturated heterocycles. The molecule has 1 aliphatic rings. The predicted octanol–water partition coefficient (Wildman–Crippen LogP) is 8.85. The van der Waals surface area contributed by atoms with Crippen molar-refractivity contribution in [3.05, 3.63) is 165 Å². The molecule has 1 aromatic heterocycles. The van der Waals surface area contributed by atoms with Crippen LogP contribution in [0.2, 0.25) is 0 Å². The number of fused-ring (bicyclic) bond motifs is 1. The molecule has 54 heavy (non-hydrogen) atoms. The standard InChI is InChI=1S/C45H46F2N2O5/c1-3-53-45(51)41-23-22-39-40(48-41)5-4-6-42(39)49(27-25-33-13-17-35(18-14-33)44(50)52-2)28-26-36-29-38(47)21-24-43(36)54-30-34-11-9-31(10-12-34)7-8-32-15-19-37(46)20-16-32/h9-24,29,42H,3-8,25-28,30H2,1-2H3. The number of hydrogen-bond donors (Lipinski definition) is 0. The van der Waals surface area contributed by atoms with Crippen LogP contribution in [0.4, 0.5) is 8.78 Å². The number of nitrogens with zero attached hydrogens (tertiary/aromatic N) is 2. The number of rotatable bonds is 16. The minimum absolute atomic E-state index is 0.0475. The zero-order chi connectivity index (χ0) is 37.9. The van der Waals surface area contributed by atoms with Crippen molar-refractivity contribution in [1.82, 2.24) is 9.88 Å². The summed E-state index contributed by atoms with van der Waals surface area (Å²) in [6, 6.07) is 30.8. The summed E-state index contributed by atoms with van der Waals surface area (Å²) >= 11 is 0. The minimum atomic E-state index is -0.425. The number of carbonyl (C=O) groups is 2. The number of aryl methyl sites for hydroxylation is 3. The average molecular weight is 733 g/mol. The van der Waals surface area contributed by atoms with E-state index < -0.39 is 5.97 Å². The van der Waals surface area contributed by atoms with Crippen molar-refractivity contribution in [3.63, 3.8) is 0 Å². The van der Waals surface area contributed by atoms with Crippen molar-refractivity contribution in [2.75, 3.05) is 26.8 Å². The zero-order valence-electron chi connectivity index (χ0n) is 30.9. The van der Waals surface area contributed by atoms with Crippen LogP contribution in [0.3, 0.4) is 0 Å². The first-order valence-corrected chi connectivity index (χ1v) is 18.6. The van der Waals surface area contributed by atoms with Crippen LogP contribution in [0.1, 0.15) is 85.7 Å². The molecule has 7 nitrogen and oxygen atoms in total. The first-order valence-electron chi connectivity index (χ1n) is 18.6. The molecule has 0 fully saturated rings. The molecule has 0 radical (unpaired) electrons. The third-order valence-electron chi connectivity index (χ3n) is 9.97. The van der Waals surface area contributed by atoms with Crippen LogP contribution in [-0.4, -0.2) is 48.6 Å². The zero-order valence-corrected chi connectivity index (χ0v) is 30.9. The number of aromatic nitrogens is 1. The molecule has 1 atom stereocenters. The fourth-order valence-corrected chi connectivity index (χ4v) is 7.00. The number of benzene rings is 4. The van der Waals surface area contributed by atoms with E-state index in [4.69, 9.17) is 19.2 Å². The van der Waals surface area contributed by atoms with Crippen LogP contribution >= 0.6 is 0 Å². The van der Waals surface area contributed by atoms with Gasteiger partial charge >= 0.3 is 11.9 Å². The third kappa shape index (κ3) is 10.2. The molecule has 280 valence electrons. The second-order valence-corrected chi connectivity index (χ2v) is 13.6. The largest absolute Gasteiger partial charge is 0.489 e. The van der Waals surface area contributed by atoms with Gasteiger partial charge in [-0.05, 0) is 134 Å². The topological polar surface area (TPSA) is 78.0 Å². The van der Waals surface area contributed by atoms with E-state index in [9.17, 15) is 18.4 Å². The Bertz CT molecular complexity index is 2020. The molecule has 0 amide bonds. The Balaban J connectivity index is 1.16. The molecule has 0 spiro atoms.